The fraction of sp³-hybridized carbons (Fsp3) is 0.346. The molecule has 4 amide bonds. The number of hydrogen-bond donors (Lipinski definition) is 4. The summed E-state index contributed by atoms with van der Waals surface area (Å²) in [4.78, 5) is 45.6. The molecule has 3 rings (SSSR count). The average molecular weight is 493 g/mol. The predicted molar refractivity (Wildman–Crippen MR) is 138 cm³/mol. The minimum absolute atomic E-state index is 0.0307. The van der Waals surface area contributed by atoms with E-state index in [-0.39, 0.29) is 24.9 Å². The third kappa shape index (κ3) is 7.39. The van der Waals surface area contributed by atoms with E-state index in [1.807, 2.05) is 31.2 Å². The van der Waals surface area contributed by atoms with Gasteiger partial charge in [-0.05, 0) is 50.8 Å². The van der Waals surface area contributed by atoms with Gasteiger partial charge in [0.2, 0.25) is 5.91 Å². The summed E-state index contributed by atoms with van der Waals surface area (Å²) in [6.45, 7) is 7.69. The number of benzene rings is 1. The molecule has 1 atom stereocenters. The molecule has 36 heavy (non-hydrogen) atoms. The fourth-order valence-corrected chi connectivity index (χ4v) is 3.63. The smallest absolute Gasteiger partial charge is 0.407 e. The zero-order valence-electron chi connectivity index (χ0n) is 20.9. The number of anilines is 1. The first-order chi connectivity index (χ1) is 17.2. The van der Waals surface area contributed by atoms with E-state index in [1.54, 1.807) is 45.4 Å². The van der Waals surface area contributed by atoms with Crippen molar-refractivity contribution >= 4 is 34.5 Å². The number of fused-ring (bicyclic) bond motifs is 1. The van der Waals surface area contributed by atoms with Crippen LogP contribution in [0.4, 0.5) is 15.3 Å². The molecule has 0 saturated carbocycles. The number of carbonyl (C=O) groups is 3. The van der Waals surface area contributed by atoms with Crippen molar-refractivity contribution in [3.63, 3.8) is 0 Å². The third-order valence-corrected chi connectivity index (χ3v) is 5.11. The lowest BCUT2D eigenvalue weighted by Crippen LogP contribution is -2.36. The minimum atomic E-state index is -0.630. The lowest BCUT2D eigenvalue weighted by molar-refractivity contribution is -0.121. The van der Waals surface area contributed by atoms with E-state index in [0.717, 1.165) is 16.3 Å². The Bertz CT molecular complexity index is 1220. The molecule has 0 radical (unpaired) electrons. The maximum Gasteiger partial charge on any atom is 0.407 e. The van der Waals surface area contributed by atoms with Crippen LogP contribution < -0.4 is 21.3 Å². The van der Waals surface area contributed by atoms with Crippen LogP contribution >= 0.6 is 0 Å². The zero-order valence-corrected chi connectivity index (χ0v) is 20.9. The molecular weight excluding hydrogens is 460 g/mol. The van der Waals surface area contributed by atoms with E-state index in [9.17, 15) is 14.4 Å². The van der Waals surface area contributed by atoms with Crippen LogP contribution in [0.3, 0.4) is 0 Å². The summed E-state index contributed by atoms with van der Waals surface area (Å²) in [5.74, 6) is -0.294. The van der Waals surface area contributed by atoms with E-state index < -0.39 is 17.7 Å². The summed E-state index contributed by atoms with van der Waals surface area (Å²) in [5, 5.41) is 13.0. The predicted octanol–water partition coefficient (Wildman–Crippen LogP) is 3.89. The monoisotopic (exact) mass is 492 g/mol. The highest BCUT2D eigenvalue weighted by molar-refractivity contribution is 5.91. The Balaban J connectivity index is 1.88. The number of urea groups is 1. The second kappa shape index (κ2) is 12.0. The summed E-state index contributed by atoms with van der Waals surface area (Å²) in [6, 6.07) is 8.42. The van der Waals surface area contributed by atoms with Crippen molar-refractivity contribution in [2.24, 2.45) is 0 Å². The van der Waals surface area contributed by atoms with Crippen LogP contribution in [0.5, 0.6) is 0 Å². The van der Waals surface area contributed by atoms with Crippen LogP contribution in [0.15, 0.2) is 55.1 Å². The number of nitrogens with zero attached hydrogens (tertiary/aromatic N) is 2. The highest BCUT2D eigenvalue weighted by Gasteiger charge is 2.23. The largest absolute Gasteiger partial charge is 0.444 e. The van der Waals surface area contributed by atoms with Crippen LogP contribution in [-0.2, 0) is 9.53 Å². The molecule has 1 unspecified atom stereocenters. The molecule has 10 heteroatoms. The fourth-order valence-electron chi connectivity index (χ4n) is 3.63. The highest BCUT2D eigenvalue weighted by atomic mass is 16.6. The van der Waals surface area contributed by atoms with E-state index >= 15 is 0 Å². The number of aromatic nitrogens is 2. The van der Waals surface area contributed by atoms with Crippen LogP contribution in [0, 0.1) is 0 Å². The Morgan fingerprint density at radius 1 is 0.972 bits per heavy atom. The second-order valence-corrected chi connectivity index (χ2v) is 9.07. The third-order valence-electron chi connectivity index (χ3n) is 5.11. The maximum absolute atomic E-state index is 13.0. The van der Waals surface area contributed by atoms with E-state index in [4.69, 9.17) is 4.74 Å². The van der Waals surface area contributed by atoms with Gasteiger partial charge in [-0.3, -0.25) is 14.8 Å². The molecule has 0 aliphatic heterocycles. The quantitative estimate of drug-likeness (QED) is 0.377. The minimum Gasteiger partial charge on any atom is -0.444 e. The number of ether oxygens (including phenoxy) is 1. The van der Waals surface area contributed by atoms with Crippen LogP contribution in [0.1, 0.15) is 51.3 Å². The molecule has 0 bridgehead atoms. The van der Waals surface area contributed by atoms with Crippen molar-refractivity contribution in [2.45, 2.75) is 45.8 Å². The molecule has 10 nitrogen and oxygen atoms in total. The molecule has 0 aliphatic rings. The summed E-state index contributed by atoms with van der Waals surface area (Å²) in [7, 11) is 0. The molecule has 190 valence electrons. The van der Waals surface area contributed by atoms with Gasteiger partial charge < -0.3 is 26.0 Å². The molecule has 0 saturated heterocycles. The maximum atomic E-state index is 13.0. The van der Waals surface area contributed by atoms with Gasteiger partial charge in [0.15, 0.2) is 0 Å². The number of pyridine rings is 2. The average Bonchev–Trinajstić information content (AvgIpc) is 2.82. The van der Waals surface area contributed by atoms with Gasteiger partial charge in [0.1, 0.15) is 5.60 Å². The topological polar surface area (TPSA) is 134 Å². The summed E-state index contributed by atoms with van der Waals surface area (Å²) < 4.78 is 5.22. The van der Waals surface area contributed by atoms with Crippen molar-refractivity contribution in [3.8, 4) is 0 Å². The molecule has 2 heterocycles. The summed E-state index contributed by atoms with van der Waals surface area (Å²) in [6.07, 6.45) is 6.03. The van der Waals surface area contributed by atoms with E-state index in [2.05, 4.69) is 31.2 Å². The van der Waals surface area contributed by atoms with Crippen molar-refractivity contribution < 1.29 is 19.1 Å². The van der Waals surface area contributed by atoms with Crippen LogP contribution in [-0.4, -0.2) is 46.7 Å². The molecule has 4 N–H and O–H groups in total. The SMILES string of the molecule is CCNC(=O)Nc1cnccc1C(NC(=O)CCNC(=O)OC(C)(C)C)c1cccc2ccncc12. The Labute approximate surface area is 210 Å². The lowest BCUT2D eigenvalue weighted by atomic mass is 9.94. The number of nitrogens with one attached hydrogen (secondary N) is 4. The Morgan fingerprint density at radius 3 is 2.47 bits per heavy atom. The number of alkyl carbamates (subject to hydrolysis) is 1. The number of amides is 4. The standard InChI is InChI=1S/C26H32N6O4/c1-5-29-24(34)31-21-16-28-13-10-19(21)23(18-8-6-7-17-9-12-27-15-20(17)18)32-22(33)11-14-30-25(35)36-26(2,3)4/h6-10,12-13,15-16,23H,5,11,14H2,1-4H3,(H,30,35)(H,32,33)(H2,29,31,34). The molecular formula is C26H32N6O4. The van der Waals surface area contributed by atoms with Crippen LogP contribution in [0.2, 0.25) is 0 Å². The Kier molecular flexibility index (Phi) is 8.77. The normalized spacial score (nSPS) is 11.9. The number of hydrogen-bond acceptors (Lipinski definition) is 6. The molecule has 3 aromatic rings. The first kappa shape index (κ1) is 26.4. The summed E-state index contributed by atoms with van der Waals surface area (Å²) >= 11 is 0. The van der Waals surface area contributed by atoms with Crippen molar-refractivity contribution in [3.05, 3.63) is 66.2 Å². The lowest BCUT2D eigenvalue weighted by Gasteiger charge is -2.24. The van der Waals surface area contributed by atoms with Crippen molar-refractivity contribution in [2.75, 3.05) is 18.4 Å². The van der Waals surface area contributed by atoms with Gasteiger partial charge >= 0.3 is 12.1 Å². The number of carbonyl (C=O) groups excluding carboxylic acids is 3. The van der Waals surface area contributed by atoms with Gasteiger partial charge in [0, 0.05) is 49.1 Å². The molecule has 0 spiro atoms. The Hall–Kier alpha value is -4.21. The summed E-state index contributed by atoms with van der Waals surface area (Å²) in [5.41, 5.74) is 1.29. The van der Waals surface area contributed by atoms with Gasteiger partial charge in [-0.2, -0.15) is 0 Å². The van der Waals surface area contributed by atoms with Crippen LogP contribution in [0.25, 0.3) is 10.8 Å². The van der Waals surface area contributed by atoms with Gasteiger partial charge in [0.25, 0.3) is 0 Å². The van der Waals surface area contributed by atoms with Gasteiger partial charge in [0.05, 0.1) is 17.9 Å². The molecule has 0 aliphatic carbocycles. The van der Waals surface area contributed by atoms with Crippen molar-refractivity contribution in [1.29, 1.82) is 0 Å². The Morgan fingerprint density at radius 2 is 1.72 bits per heavy atom. The highest BCUT2D eigenvalue weighted by Crippen LogP contribution is 2.32. The molecule has 2 aromatic heterocycles. The first-order valence-corrected chi connectivity index (χ1v) is 11.8. The number of rotatable bonds is 8. The van der Waals surface area contributed by atoms with Gasteiger partial charge in [-0.15, -0.1) is 0 Å². The second-order valence-electron chi connectivity index (χ2n) is 9.07. The first-order valence-electron chi connectivity index (χ1n) is 11.8. The van der Waals surface area contributed by atoms with E-state index in [0.29, 0.717) is 17.8 Å². The molecule has 1 aromatic carbocycles. The van der Waals surface area contributed by atoms with E-state index in [1.165, 1.54) is 6.20 Å². The van der Waals surface area contributed by atoms with Crippen molar-refractivity contribution in [1.82, 2.24) is 25.9 Å². The zero-order chi connectivity index (χ0) is 26.1. The molecule has 0 fully saturated rings. The van der Waals surface area contributed by atoms with Gasteiger partial charge in [-0.25, -0.2) is 9.59 Å². The van der Waals surface area contributed by atoms with Gasteiger partial charge in [-0.1, -0.05) is 18.2 Å².